The van der Waals surface area contributed by atoms with Gasteiger partial charge in [0, 0.05) is 13.6 Å². The zero-order valence-electron chi connectivity index (χ0n) is 12.0. The maximum absolute atomic E-state index is 6.22. The summed E-state index contributed by atoms with van der Waals surface area (Å²) in [7, 11) is 1.88. The average molecular weight is 294 g/mol. The van der Waals surface area contributed by atoms with Crippen molar-refractivity contribution < 1.29 is 0 Å². The van der Waals surface area contributed by atoms with Gasteiger partial charge in [0.2, 0.25) is 0 Å². The lowest BCUT2D eigenvalue weighted by Gasteiger charge is -2.15. The minimum atomic E-state index is 0.502. The molecule has 20 heavy (non-hydrogen) atoms. The molecule has 0 radical (unpaired) electrons. The predicted octanol–water partition coefficient (Wildman–Crippen LogP) is 2.64. The third-order valence-corrected chi connectivity index (χ3v) is 4.31. The number of fused-ring (bicyclic) bond motifs is 1. The van der Waals surface area contributed by atoms with Crippen molar-refractivity contribution in [3.63, 3.8) is 0 Å². The summed E-state index contributed by atoms with van der Waals surface area (Å²) in [6.07, 6.45) is 5.59. The number of likely N-dealkylation sites (tertiary alicyclic amines) is 1. The molecule has 1 fully saturated rings. The van der Waals surface area contributed by atoms with Crippen LogP contribution in [0.2, 0.25) is 5.15 Å². The van der Waals surface area contributed by atoms with E-state index >= 15 is 0 Å². The highest BCUT2D eigenvalue weighted by molar-refractivity contribution is 6.33. The van der Waals surface area contributed by atoms with Gasteiger partial charge in [-0.2, -0.15) is 5.10 Å². The van der Waals surface area contributed by atoms with Gasteiger partial charge in [0.25, 0.3) is 0 Å². The summed E-state index contributed by atoms with van der Waals surface area (Å²) in [5, 5.41) is 5.51. The van der Waals surface area contributed by atoms with E-state index in [1.54, 1.807) is 10.9 Å². The van der Waals surface area contributed by atoms with Gasteiger partial charge >= 0.3 is 0 Å². The maximum Gasteiger partial charge on any atom is 0.162 e. The molecule has 2 aromatic heterocycles. The molecule has 0 N–H and O–H groups in total. The first-order chi connectivity index (χ1) is 9.67. The van der Waals surface area contributed by atoms with Crippen LogP contribution in [0.5, 0.6) is 0 Å². The molecule has 0 saturated carbocycles. The van der Waals surface area contributed by atoms with Gasteiger partial charge in [-0.15, -0.1) is 0 Å². The molecule has 1 saturated heterocycles. The smallest absolute Gasteiger partial charge is 0.162 e. The van der Waals surface area contributed by atoms with Crippen LogP contribution in [0.15, 0.2) is 6.20 Å². The zero-order valence-corrected chi connectivity index (χ0v) is 12.8. The topological polar surface area (TPSA) is 46.8 Å². The van der Waals surface area contributed by atoms with E-state index in [1.165, 1.54) is 19.3 Å². The Hall–Kier alpha value is -1.20. The van der Waals surface area contributed by atoms with Gasteiger partial charge in [-0.3, -0.25) is 9.58 Å². The third-order valence-electron chi connectivity index (χ3n) is 4.02. The first-order valence-corrected chi connectivity index (χ1v) is 7.61. The van der Waals surface area contributed by atoms with E-state index in [0.29, 0.717) is 5.15 Å². The van der Waals surface area contributed by atoms with E-state index in [4.69, 9.17) is 11.6 Å². The number of aryl methyl sites for hydroxylation is 1. The van der Waals surface area contributed by atoms with E-state index in [2.05, 4.69) is 26.9 Å². The molecule has 6 heteroatoms. The molecule has 3 rings (SSSR count). The van der Waals surface area contributed by atoms with Gasteiger partial charge in [-0.05, 0) is 25.3 Å². The van der Waals surface area contributed by atoms with E-state index < -0.39 is 0 Å². The van der Waals surface area contributed by atoms with Gasteiger partial charge in [0.15, 0.2) is 5.65 Å². The van der Waals surface area contributed by atoms with Crippen LogP contribution in [0.25, 0.3) is 11.0 Å². The number of nitrogens with zero attached hydrogens (tertiary/aromatic N) is 5. The van der Waals surface area contributed by atoms with Crippen molar-refractivity contribution >= 4 is 22.6 Å². The first kappa shape index (κ1) is 13.8. The van der Waals surface area contributed by atoms with Gasteiger partial charge in [-0.1, -0.05) is 24.9 Å². The standard InChI is InChI=1S/C14H20ClN5/c1-3-4-10-5-6-20(8-10)9-12-17-13(15)11-7-16-19(2)14(11)18-12/h7,10H,3-6,8-9H2,1-2H3. The number of hydrogen-bond acceptors (Lipinski definition) is 4. The fourth-order valence-electron chi connectivity index (χ4n) is 3.00. The summed E-state index contributed by atoms with van der Waals surface area (Å²) in [5.41, 5.74) is 0.810. The molecule has 0 bridgehead atoms. The number of rotatable bonds is 4. The molecule has 3 heterocycles. The molecule has 1 aliphatic rings. The summed E-state index contributed by atoms with van der Waals surface area (Å²) in [6.45, 7) is 5.32. The lowest BCUT2D eigenvalue weighted by Crippen LogP contribution is -2.21. The molecule has 1 aliphatic heterocycles. The molecule has 0 spiro atoms. The Balaban J connectivity index is 1.76. The number of aromatic nitrogens is 4. The molecular weight excluding hydrogens is 274 g/mol. The summed E-state index contributed by atoms with van der Waals surface area (Å²) in [6, 6.07) is 0. The van der Waals surface area contributed by atoms with Crippen LogP contribution in [0, 0.1) is 5.92 Å². The Bertz CT molecular complexity index is 609. The quantitative estimate of drug-likeness (QED) is 0.813. The highest BCUT2D eigenvalue weighted by atomic mass is 35.5. The third kappa shape index (κ3) is 2.65. The lowest BCUT2D eigenvalue weighted by atomic mass is 10.0. The summed E-state index contributed by atoms with van der Waals surface area (Å²) < 4.78 is 1.75. The van der Waals surface area contributed by atoms with Crippen molar-refractivity contribution in [1.82, 2.24) is 24.6 Å². The minimum Gasteiger partial charge on any atom is -0.296 e. The van der Waals surface area contributed by atoms with Gasteiger partial charge < -0.3 is 0 Å². The zero-order chi connectivity index (χ0) is 14.1. The number of hydrogen-bond donors (Lipinski definition) is 0. The van der Waals surface area contributed by atoms with Gasteiger partial charge in [0.05, 0.1) is 18.1 Å². The minimum absolute atomic E-state index is 0.502. The molecular formula is C14H20ClN5. The Morgan fingerprint density at radius 3 is 3.05 bits per heavy atom. The molecule has 108 valence electrons. The van der Waals surface area contributed by atoms with Crippen LogP contribution < -0.4 is 0 Å². The molecule has 0 amide bonds. The summed E-state index contributed by atoms with van der Waals surface area (Å²) in [5.74, 6) is 1.62. The molecule has 1 unspecified atom stereocenters. The average Bonchev–Trinajstić information content (AvgIpc) is 2.99. The maximum atomic E-state index is 6.22. The Morgan fingerprint density at radius 1 is 1.40 bits per heavy atom. The van der Waals surface area contributed by atoms with Crippen LogP contribution in [0.3, 0.4) is 0 Å². The predicted molar refractivity (Wildman–Crippen MR) is 79.6 cm³/mol. The van der Waals surface area contributed by atoms with E-state index in [-0.39, 0.29) is 0 Å². The fraction of sp³-hybridized carbons (Fsp3) is 0.643. The molecule has 2 aromatic rings. The van der Waals surface area contributed by atoms with Crippen molar-refractivity contribution in [3.05, 3.63) is 17.2 Å². The van der Waals surface area contributed by atoms with Crippen LogP contribution in [0.1, 0.15) is 32.0 Å². The second kappa shape index (κ2) is 5.66. The summed E-state index contributed by atoms with van der Waals surface area (Å²) in [4.78, 5) is 11.4. The van der Waals surface area contributed by atoms with Crippen LogP contribution in [0.4, 0.5) is 0 Å². The highest BCUT2D eigenvalue weighted by Crippen LogP contribution is 2.23. The van der Waals surface area contributed by atoms with Gasteiger partial charge in [-0.25, -0.2) is 9.97 Å². The van der Waals surface area contributed by atoms with Crippen molar-refractivity contribution in [2.75, 3.05) is 13.1 Å². The Morgan fingerprint density at radius 2 is 2.25 bits per heavy atom. The largest absolute Gasteiger partial charge is 0.296 e. The van der Waals surface area contributed by atoms with Crippen LogP contribution in [-0.2, 0) is 13.6 Å². The van der Waals surface area contributed by atoms with Crippen molar-refractivity contribution in [1.29, 1.82) is 0 Å². The summed E-state index contributed by atoms with van der Waals surface area (Å²) >= 11 is 6.22. The number of halogens is 1. The monoisotopic (exact) mass is 293 g/mol. The van der Waals surface area contributed by atoms with E-state index in [9.17, 15) is 0 Å². The SMILES string of the molecule is CCCC1CCN(Cc2nc(Cl)c3cnn(C)c3n2)C1. The fourth-order valence-corrected chi connectivity index (χ4v) is 3.23. The molecule has 1 atom stereocenters. The highest BCUT2D eigenvalue weighted by Gasteiger charge is 2.22. The lowest BCUT2D eigenvalue weighted by molar-refractivity contribution is 0.305. The second-order valence-corrected chi connectivity index (χ2v) is 5.97. The molecule has 5 nitrogen and oxygen atoms in total. The molecule has 0 aliphatic carbocycles. The van der Waals surface area contributed by atoms with Gasteiger partial charge in [0.1, 0.15) is 11.0 Å². The van der Waals surface area contributed by atoms with Crippen LogP contribution in [-0.4, -0.2) is 37.7 Å². The first-order valence-electron chi connectivity index (χ1n) is 7.24. The van der Waals surface area contributed by atoms with Crippen molar-refractivity contribution in [2.24, 2.45) is 13.0 Å². The van der Waals surface area contributed by atoms with E-state index in [1.807, 2.05) is 7.05 Å². The van der Waals surface area contributed by atoms with E-state index in [0.717, 1.165) is 42.4 Å². The molecule has 0 aromatic carbocycles. The normalized spacial score (nSPS) is 20.1. The van der Waals surface area contributed by atoms with Crippen molar-refractivity contribution in [2.45, 2.75) is 32.7 Å². The Labute approximate surface area is 124 Å². The Kier molecular flexibility index (Phi) is 3.89. The second-order valence-electron chi connectivity index (χ2n) is 5.61. The van der Waals surface area contributed by atoms with Crippen LogP contribution >= 0.6 is 11.6 Å². The van der Waals surface area contributed by atoms with Crippen molar-refractivity contribution in [3.8, 4) is 0 Å².